The Balaban J connectivity index is 1.85. The first-order chi connectivity index (χ1) is 11.2. The highest BCUT2D eigenvalue weighted by Crippen LogP contribution is 2.32. The summed E-state index contributed by atoms with van der Waals surface area (Å²) in [5.74, 6) is 2.10. The second kappa shape index (κ2) is 7.36. The number of aliphatic imine (C=N–C) groups is 1. The quantitative estimate of drug-likeness (QED) is 0.769. The molecule has 0 radical (unpaired) electrons. The summed E-state index contributed by atoms with van der Waals surface area (Å²) in [6.07, 6.45) is 0. The van der Waals surface area contributed by atoms with Gasteiger partial charge in [-0.05, 0) is 36.4 Å². The molecule has 1 aliphatic rings. The number of nitrogens with one attached hydrogen (secondary N) is 1. The van der Waals surface area contributed by atoms with Crippen molar-refractivity contribution in [3.63, 3.8) is 0 Å². The molecule has 0 unspecified atom stereocenters. The maximum atomic E-state index is 13.6. The van der Waals surface area contributed by atoms with Crippen LogP contribution in [0.15, 0.2) is 50.8 Å². The summed E-state index contributed by atoms with van der Waals surface area (Å²) in [5, 5.41) is 3.21. The van der Waals surface area contributed by atoms with Gasteiger partial charge in [-0.15, -0.1) is 11.8 Å². The largest absolute Gasteiger partial charge is 0.496 e. The topological polar surface area (TPSA) is 33.6 Å². The van der Waals surface area contributed by atoms with Gasteiger partial charge < -0.3 is 10.1 Å². The van der Waals surface area contributed by atoms with E-state index < -0.39 is 0 Å². The van der Waals surface area contributed by atoms with Crippen molar-refractivity contribution in [2.24, 2.45) is 4.99 Å². The third kappa shape index (κ3) is 3.87. The molecule has 1 N–H and O–H groups in total. The molecule has 1 aliphatic heterocycles. The third-order valence-electron chi connectivity index (χ3n) is 3.50. The summed E-state index contributed by atoms with van der Waals surface area (Å²) in [7, 11) is 1.66. The summed E-state index contributed by atoms with van der Waals surface area (Å²) >= 11 is 5.13. The summed E-state index contributed by atoms with van der Waals surface area (Å²) in [6, 6.07) is 10.8. The fourth-order valence-corrected chi connectivity index (χ4v) is 3.83. The van der Waals surface area contributed by atoms with Crippen LogP contribution in [0.3, 0.4) is 0 Å². The predicted molar refractivity (Wildman–Crippen MR) is 96.1 cm³/mol. The van der Waals surface area contributed by atoms with Crippen LogP contribution in [-0.2, 0) is 5.75 Å². The molecule has 0 aliphatic carbocycles. The lowest BCUT2D eigenvalue weighted by molar-refractivity contribution is 0.411. The standard InChI is InChI=1S/C17H16BrFN2OS/c1-22-15-4-2-12(18)8-11(15)10-23-16-5-3-13(19)9-14(16)17-20-6-7-21-17/h2-5,8-9H,6-7,10H2,1H3,(H,20,21). The molecular weight excluding hydrogens is 379 g/mol. The van der Waals surface area contributed by atoms with Crippen LogP contribution in [0.2, 0.25) is 0 Å². The van der Waals surface area contributed by atoms with Gasteiger partial charge in [0.05, 0.1) is 13.7 Å². The van der Waals surface area contributed by atoms with Gasteiger partial charge in [0.15, 0.2) is 0 Å². The molecule has 0 aromatic heterocycles. The molecule has 0 spiro atoms. The maximum absolute atomic E-state index is 13.6. The minimum Gasteiger partial charge on any atom is -0.496 e. The summed E-state index contributed by atoms with van der Waals surface area (Å²) in [4.78, 5) is 5.41. The molecular formula is C17H16BrFN2OS. The van der Waals surface area contributed by atoms with Gasteiger partial charge in [-0.1, -0.05) is 15.9 Å². The summed E-state index contributed by atoms with van der Waals surface area (Å²) < 4.78 is 20.0. The Labute approximate surface area is 147 Å². The Hall–Kier alpha value is -1.53. The number of hydrogen-bond donors (Lipinski definition) is 1. The Morgan fingerprint density at radius 2 is 2.17 bits per heavy atom. The number of rotatable bonds is 5. The first-order valence-electron chi connectivity index (χ1n) is 7.21. The second-order valence-electron chi connectivity index (χ2n) is 5.04. The minimum absolute atomic E-state index is 0.249. The van der Waals surface area contributed by atoms with Crippen molar-refractivity contribution in [3.8, 4) is 5.75 Å². The van der Waals surface area contributed by atoms with Gasteiger partial charge >= 0.3 is 0 Å². The lowest BCUT2D eigenvalue weighted by atomic mass is 10.2. The smallest absolute Gasteiger partial charge is 0.129 e. The van der Waals surface area contributed by atoms with E-state index in [1.807, 2.05) is 24.3 Å². The highest BCUT2D eigenvalue weighted by molar-refractivity contribution is 9.10. The zero-order valence-corrected chi connectivity index (χ0v) is 15.0. The molecule has 0 bridgehead atoms. The SMILES string of the molecule is COc1ccc(Br)cc1CSc1ccc(F)cc1C1=NCCN1. The number of thioether (sulfide) groups is 1. The van der Waals surface area contributed by atoms with Crippen molar-refractivity contribution in [2.75, 3.05) is 20.2 Å². The summed E-state index contributed by atoms with van der Waals surface area (Å²) in [6.45, 7) is 1.53. The van der Waals surface area contributed by atoms with Crippen molar-refractivity contribution in [1.29, 1.82) is 0 Å². The molecule has 120 valence electrons. The van der Waals surface area contributed by atoms with E-state index in [9.17, 15) is 4.39 Å². The van der Waals surface area contributed by atoms with Crippen LogP contribution in [0.4, 0.5) is 4.39 Å². The zero-order chi connectivity index (χ0) is 16.2. The lowest BCUT2D eigenvalue weighted by Gasteiger charge is -2.12. The number of halogens is 2. The fourth-order valence-electron chi connectivity index (χ4n) is 2.41. The molecule has 0 saturated carbocycles. The van der Waals surface area contributed by atoms with Crippen molar-refractivity contribution in [3.05, 3.63) is 57.8 Å². The van der Waals surface area contributed by atoms with E-state index in [1.54, 1.807) is 18.9 Å². The highest BCUT2D eigenvalue weighted by Gasteiger charge is 2.15. The van der Waals surface area contributed by atoms with Crippen molar-refractivity contribution in [2.45, 2.75) is 10.6 Å². The number of ether oxygens (including phenoxy) is 1. The first-order valence-corrected chi connectivity index (χ1v) is 8.98. The van der Waals surface area contributed by atoms with Gasteiger partial charge in [-0.2, -0.15) is 0 Å². The van der Waals surface area contributed by atoms with Gasteiger partial charge in [0.25, 0.3) is 0 Å². The third-order valence-corrected chi connectivity index (χ3v) is 5.11. The molecule has 2 aromatic rings. The van der Waals surface area contributed by atoms with Crippen LogP contribution >= 0.6 is 27.7 Å². The van der Waals surface area contributed by atoms with E-state index in [-0.39, 0.29) is 5.82 Å². The van der Waals surface area contributed by atoms with Crippen LogP contribution in [0.1, 0.15) is 11.1 Å². The first kappa shape index (κ1) is 16.3. The Morgan fingerprint density at radius 1 is 1.30 bits per heavy atom. The van der Waals surface area contributed by atoms with Crippen molar-refractivity contribution in [1.82, 2.24) is 5.32 Å². The second-order valence-corrected chi connectivity index (χ2v) is 6.98. The normalized spacial score (nSPS) is 13.6. The van der Waals surface area contributed by atoms with E-state index >= 15 is 0 Å². The maximum Gasteiger partial charge on any atom is 0.129 e. The van der Waals surface area contributed by atoms with E-state index in [0.717, 1.165) is 50.9 Å². The van der Waals surface area contributed by atoms with Gasteiger partial charge in [-0.3, -0.25) is 4.99 Å². The molecule has 3 nitrogen and oxygen atoms in total. The molecule has 23 heavy (non-hydrogen) atoms. The van der Waals surface area contributed by atoms with Gasteiger partial charge in [-0.25, -0.2) is 4.39 Å². The molecule has 3 rings (SSSR count). The van der Waals surface area contributed by atoms with Crippen LogP contribution in [0, 0.1) is 5.82 Å². The lowest BCUT2D eigenvalue weighted by Crippen LogP contribution is -2.20. The van der Waals surface area contributed by atoms with Gasteiger partial charge in [0, 0.05) is 32.8 Å². The van der Waals surface area contributed by atoms with Crippen LogP contribution in [-0.4, -0.2) is 26.0 Å². The number of benzene rings is 2. The number of amidine groups is 1. The number of methoxy groups -OCH3 is 1. The highest BCUT2D eigenvalue weighted by atomic mass is 79.9. The van der Waals surface area contributed by atoms with E-state index in [4.69, 9.17) is 4.74 Å². The fraction of sp³-hybridized carbons (Fsp3) is 0.235. The monoisotopic (exact) mass is 394 g/mol. The molecule has 2 aromatic carbocycles. The molecule has 0 saturated heterocycles. The van der Waals surface area contributed by atoms with E-state index in [1.165, 1.54) is 12.1 Å². The average molecular weight is 395 g/mol. The van der Waals surface area contributed by atoms with Crippen molar-refractivity contribution < 1.29 is 9.13 Å². The molecule has 0 fully saturated rings. The molecule has 6 heteroatoms. The Morgan fingerprint density at radius 3 is 2.91 bits per heavy atom. The Kier molecular flexibility index (Phi) is 5.23. The average Bonchev–Trinajstić information content (AvgIpc) is 3.08. The Bertz CT molecular complexity index is 751. The zero-order valence-electron chi connectivity index (χ0n) is 12.6. The number of hydrogen-bond acceptors (Lipinski definition) is 4. The molecule has 0 amide bonds. The van der Waals surface area contributed by atoms with Crippen LogP contribution in [0.25, 0.3) is 0 Å². The van der Waals surface area contributed by atoms with Crippen LogP contribution < -0.4 is 10.1 Å². The summed E-state index contributed by atoms with van der Waals surface area (Å²) in [5.41, 5.74) is 1.91. The van der Waals surface area contributed by atoms with E-state index in [0.29, 0.717) is 0 Å². The van der Waals surface area contributed by atoms with Crippen molar-refractivity contribution >= 4 is 33.5 Å². The molecule has 0 atom stereocenters. The minimum atomic E-state index is -0.249. The van der Waals surface area contributed by atoms with Gasteiger partial charge in [0.1, 0.15) is 17.4 Å². The number of nitrogens with zero attached hydrogens (tertiary/aromatic N) is 1. The van der Waals surface area contributed by atoms with Gasteiger partial charge in [0.2, 0.25) is 0 Å². The molecule has 1 heterocycles. The van der Waals surface area contributed by atoms with Crippen LogP contribution in [0.5, 0.6) is 5.75 Å². The predicted octanol–water partition coefficient (Wildman–Crippen LogP) is 4.24. The van der Waals surface area contributed by atoms with E-state index in [2.05, 4.69) is 26.2 Å².